The second kappa shape index (κ2) is 6.93. The molecule has 0 bridgehead atoms. The lowest BCUT2D eigenvalue weighted by Gasteiger charge is -2.34. The van der Waals surface area contributed by atoms with E-state index in [0.717, 1.165) is 18.5 Å². The Labute approximate surface area is 158 Å². The summed E-state index contributed by atoms with van der Waals surface area (Å²) in [7, 11) is -3.93. The van der Waals surface area contributed by atoms with Gasteiger partial charge >= 0.3 is 12.1 Å². The monoisotopic (exact) mass is 412 g/mol. The normalized spacial score (nSPS) is 21.9. The highest BCUT2D eigenvalue weighted by Crippen LogP contribution is 2.42. The molecule has 0 aromatic heterocycles. The number of hydrogen-bond donors (Lipinski definition) is 1. The van der Waals surface area contributed by atoms with Crippen molar-refractivity contribution in [2.75, 3.05) is 6.26 Å². The molecule has 0 spiro atoms. The van der Waals surface area contributed by atoms with Gasteiger partial charge in [0.15, 0.2) is 15.9 Å². The Kier molecular flexibility index (Phi) is 4.92. The maximum absolute atomic E-state index is 13.7. The summed E-state index contributed by atoms with van der Waals surface area (Å²) in [5, 5.41) is 3.46. The molecule has 10 heteroatoms. The summed E-state index contributed by atoms with van der Waals surface area (Å²) in [6, 6.07) is 10.0. The summed E-state index contributed by atoms with van der Waals surface area (Å²) in [5.41, 5.74) is -0.923. The molecule has 2 aromatic carbocycles. The number of carbonyl (C=O) groups is 1. The molecule has 1 aliphatic rings. The summed E-state index contributed by atoms with van der Waals surface area (Å²) < 4.78 is 70.9. The Hall–Kier alpha value is -2.88. The smallest absolute Gasteiger partial charge is 0.414 e. The van der Waals surface area contributed by atoms with Crippen molar-refractivity contribution >= 4 is 22.0 Å². The number of nitrogens with zero attached hydrogens (tertiary/aromatic N) is 1. The lowest BCUT2D eigenvalue weighted by atomic mass is 9.87. The van der Waals surface area contributed by atoms with Gasteiger partial charge in [0.1, 0.15) is 0 Å². The minimum atomic E-state index is -4.89. The third-order valence-electron chi connectivity index (χ3n) is 4.19. The van der Waals surface area contributed by atoms with Gasteiger partial charge in [0, 0.05) is 11.8 Å². The quantitative estimate of drug-likeness (QED) is 0.781. The van der Waals surface area contributed by atoms with Crippen molar-refractivity contribution in [3.8, 4) is 0 Å². The molecule has 0 amide bonds. The Bertz CT molecular complexity index is 1020. The molecule has 0 saturated carbocycles. The highest BCUT2D eigenvalue weighted by Gasteiger charge is 2.60. The molecule has 0 aliphatic carbocycles. The number of esters is 1. The second-order valence-corrected chi connectivity index (χ2v) is 8.16. The summed E-state index contributed by atoms with van der Waals surface area (Å²) >= 11 is 0. The number of benzene rings is 2. The Morgan fingerprint density at radius 1 is 1.11 bits per heavy atom. The molecule has 1 aliphatic heterocycles. The number of nitrogens with one attached hydrogen (secondary N) is 1. The first-order chi connectivity index (χ1) is 13.1. The van der Waals surface area contributed by atoms with Gasteiger partial charge in [-0.15, -0.1) is 0 Å². The van der Waals surface area contributed by atoms with E-state index in [1.165, 1.54) is 42.5 Å². The van der Waals surface area contributed by atoms with Gasteiger partial charge in [-0.2, -0.15) is 18.3 Å². The van der Waals surface area contributed by atoms with E-state index < -0.39 is 33.6 Å². The van der Waals surface area contributed by atoms with E-state index in [2.05, 4.69) is 5.10 Å². The van der Waals surface area contributed by atoms with Crippen LogP contribution in [0.1, 0.15) is 15.9 Å². The minimum absolute atomic E-state index is 0.0138. The maximum Gasteiger partial charge on any atom is 0.414 e. The Morgan fingerprint density at radius 3 is 2.32 bits per heavy atom. The third-order valence-corrected chi connectivity index (χ3v) is 5.35. The Balaban J connectivity index is 2.20. The van der Waals surface area contributed by atoms with Crippen molar-refractivity contribution in [1.82, 2.24) is 5.43 Å². The first kappa shape index (κ1) is 19.9. The lowest BCUT2D eigenvalue weighted by molar-refractivity contribution is -0.186. The number of carbonyl (C=O) groups excluding carboxylic acids is 1. The largest absolute Gasteiger partial charge is 0.442 e. The van der Waals surface area contributed by atoms with Crippen molar-refractivity contribution < 1.29 is 31.1 Å². The number of sulfone groups is 1. The maximum atomic E-state index is 13.7. The SMILES string of the molecule is CS(=O)(=O)c1ccccc1C1(OC(=O)c2ccccc2)C=NNC1C(F)(F)F. The number of halogens is 3. The van der Waals surface area contributed by atoms with Crippen LogP contribution in [0.2, 0.25) is 0 Å². The van der Waals surface area contributed by atoms with Crippen molar-refractivity contribution in [1.29, 1.82) is 0 Å². The number of rotatable bonds is 4. The molecule has 3 rings (SSSR count). The van der Waals surface area contributed by atoms with Gasteiger partial charge in [-0.05, 0) is 18.2 Å². The molecular formula is C18H15F3N2O4S. The van der Waals surface area contributed by atoms with E-state index in [1.54, 1.807) is 6.07 Å². The standard InChI is InChI=1S/C18H15F3N2O4S/c1-28(25,26)14-10-6-5-9-13(14)17(11-22-23-16(17)18(19,20)21)27-15(24)12-7-3-2-4-8-12/h2-11,16,23H,1H3. The fourth-order valence-corrected chi connectivity index (χ4v) is 3.91. The fourth-order valence-electron chi connectivity index (χ4n) is 2.96. The average Bonchev–Trinajstić information content (AvgIpc) is 3.07. The summed E-state index contributed by atoms with van der Waals surface area (Å²) in [5.74, 6) is -1.05. The highest BCUT2D eigenvalue weighted by atomic mass is 32.2. The number of alkyl halides is 3. The van der Waals surface area contributed by atoms with Crippen molar-refractivity contribution in [2.24, 2.45) is 5.10 Å². The van der Waals surface area contributed by atoms with Crippen LogP contribution in [0.3, 0.4) is 0 Å². The molecule has 2 unspecified atom stereocenters. The molecule has 6 nitrogen and oxygen atoms in total. The van der Waals surface area contributed by atoms with Crippen LogP contribution in [0.25, 0.3) is 0 Å². The van der Waals surface area contributed by atoms with Crippen LogP contribution < -0.4 is 5.43 Å². The topological polar surface area (TPSA) is 84.8 Å². The molecule has 2 aromatic rings. The van der Waals surface area contributed by atoms with Gasteiger partial charge in [0.25, 0.3) is 0 Å². The number of ether oxygens (including phenoxy) is 1. The first-order valence-corrected chi connectivity index (χ1v) is 9.89. The Morgan fingerprint density at radius 2 is 1.71 bits per heavy atom. The summed E-state index contributed by atoms with van der Waals surface area (Å²) in [4.78, 5) is 12.2. The number of hydrogen-bond acceptors (Lipinski definition) is 6. The van der Waals surface area contributed by atoms with Gasteiger partial charge in [0.2, 0.25) is 5.60 Å². The zero-order valence-electron chi connectivity index (χ0n) is 14.5. The van der Waals surface area contributed by atoms with E-state index in [4.69, 9.17) is 4.74 Å². The molecule has 1 heterocycles. The zero-order valence-corrected chi connectivity index (χ0v) is 15.3. The lowest BCUT2D eigenvalue weighted by Crippen LogP contribution is -2.55. The molecule has 0 saturated heterocycles. The molecular weight excluding hydrogens is 397 g/mol. The average molecular weight is 412 g/mol. The van der Waals surface area contributed by atoms with Crippen LogP contribution in [-0.2, 0) is 20.2 Å². The predicted molar refractivity (Wildman–Crippen MR) is 94.6 cm³/mol. The van der Waals surface area contributed by atoms with Crippen molar-refractivity contribution in [3.63, 3.8) is 0 Å². The van der Waals surface area contributed by atoms with Crippen molar-refractivity contribution in [2.45, 2.75) is 22.7 Å². The predicted octanol–water partition coefficient (Wildman–Crippen LogP) is 2.66. The molecule has 0 fully saturated rings. The van der Waals surface area contributed by atoms with Crippen LogP contribution >= 0.6 is 0 Å². The minimum Gasteiger partial charge on any atom is -0.442 e. The molecule has 2 atom stereocenters. The van der Waals surface area contributed by atoms with E-state index in [1.807, 2.05) is 5.43 Å². The summed E-state index contributed by atoms with van der Waals surface area (Å²) in [6.07, 6.45) is -3.26. The van der Waals surface area contributed by atoms with Gasteiger partial charge in [-0.3, -0.25) is 5.43 Å². The van der Waals surface area contributed by atoms with Crippen LogP contribution in [0.15, 0.2) is 64.6 Å². The zero-order chi connectivity index (χ0) is 20.6. The fraction of sp³-hybridized carbons (Fsp3) is 0.222. The van der Waals surface area contributed by atoms with E-state index in [0.29, 0.717) is 0 Å². The van der Waals surface area contributed by atoms with Crippen LogP contribution in [0, 0.1) is 0 Å². The highest BCUT2D eigenvalue weighted by molar-refractivity contribution is 7.90. The summed E-state index contributed by atoms with van der Waals surface area (Å²) in [6.45, 7) is 0. The van der Waals surface area contributed by atoms with E-state index in [9.17, 15) is 26.4 Å². The molecule has 1 N–H and O–H groups in total. The second-order valence-electron chi connectivity index (χ2n) is 6.18. The van der Waals surface area contributed by atoms with Gasteiger partial charge in [-0.25, -0.2) is 13.2 Å². The van der Waals surface area contributed by atoms with Gasteiger partial charge in [-0.1, -0.05) is 36.4 Å². The number of hydrazone groups is 1. The third kappa shape index (κ3) is 3.59. The van der Waals surface area contributed by atoms with Crippen molar-refractivity contribution in [3.05, 3.63) is 65.7 Å². The molecule has 28 heavy (non-hydrogen) atoms. The van der Waals surface area contributed by atoms with Gasteiger partial charge in [0.05, 0.1) is 16.7 Å². The van der Waals surface area contributed by atoms with Crippen LogP contribution in [0.5, 0.6) is 0 Å². The van der Waals surface area contributed by atoms with Crippen LogP contribution in [-0.4, -0.2) is 39.1 Å². The van der Waals surface area contributed by atoms with Gasteiger partial charge < -0.3 is 4.74 Å². The molecule has 0 radical (unpaired) electrons. The first-order valence-electron chi connectivity index (χ1n) is 8.00. The van der Waals surface area contributed by atoms with E-state index >= 15 is 0 Å². The van der Waals surface area contributed by atoms with E-state index in [-0.39, 0.29) is 16.0 Å². The molecule has 148 valence electrons. The van der Waals surface area contributed by atoms with Crippen LogP contribution in [0.4, 0.5) is 13.2 Å².